The van der Waals surface area contributed by atoms with E-state index in [1.807, 2.05) is 28.9 Å². The second-order valence-corrected chi connectivity index (χ2v) is 10.6. The van der Waals surface area contributed by atoms with E-state index in [9.17, 15) is 4.79 Å². The first kappa shape index (κ1) is 24.6. The van der Waals surface area contributed by atoms with Crippen molar-refractivity contribution in [3.8, 4) is 5.75 Å². The van der Waals surface area contributed by atoms with Crippen LogP contribution < -0.4 is 15.2 Å². The topological polar surface area (TPSA) is 92.2 Å². The maximum atomic E-state index is 13.6. The minimum absolute atomic E-state index is 0.106. The first-order valence-electron chi connectivity index (χ1n) is 13.6. The predicted molar refractivity (Wildman–Crippen MR) is 148 cm³/mol. The molecule has 6 rings (SSSR count). The third kappa shape index (κ3) is 4.55. The lowest BCUT2D eigenvalue weighted by atomic mass is 10.0. The lowest BCUT2D eigenvalue weighted by molar-refractivity contribution is 0.196. The minimum Gasteiger partial charge on any atom is -0.497 e. The largest absolute Gasteiger partial charge is 0.497 e. The maximum Gasteiger partial charge on any atom is 0.253 e. The Kier molecular flexibility index (Phi) is 6.61. The number of nitrogens with one attached hydrogen (secondary N) is 1. The van der Waals surface area contributed by atoms with Crippen molar-refractivity contribution in [2.45, 2.75) is 51.6 Å². The van der Waals surface area contributed by atoms with Crippen molar-refractivity contribution in [2.24, 2.45) is 0 Å². The lowest BCUT2D eigenvalue weighted by Crippen LogP contribution is -2.49. The molecule has 1 aliphatic heterocycles. The molecule has 1 aliphatic carbocycles. The number of hydrogen-bond donors (Lipinski definition) is 1. The van der Waals surface area contributed by atoms with Gasteiger partial charge >= 0.3 is 0 Å². The number of hydrogen-bond acceptors (Lipinski definition) is 7. The summed E-state index contributed by atoms with van der Waals surface area (Å²) in [5, 5.41) is 14.0. The molecule has 3 heterocycles. The number of pyridine rings is 1. The zero-order chi connectivity index (χ0) is 26.2. The van der Waals surface area contributed by atoms with Gasteiger partial charge in [-0.15, -0.1) is 5.10 Å². The Morgan fingerprint density at radius 2 is 1.79 bits per heavy atom. The first-order chi connectivity index (χ1) is 18.5. The number of piperazine rings is 1. The highest BCUT2D eigenvalue weighted by atomic mass is 16.5. The van der Waals surface area contributed by atoms with Gasteiger partial charge in [-0.3, -0.25) is 9.69 Å². The van der Waals surface area contributed by atoms with Gasteiger partial charge in [0.1, 0.15) is 11.8 Å². The molecule has 1 atom stereocenters. The molecule has 0 spiro atoms. The normalized spacial score (nSPS) is 17.8. The third-order valence-electron chi connectivity index (χ3n) is 8.19. The molecule has 38 heavy (non-hydrogen) atoms. The highest BCUT2D eigenvalue weighted by molar-refractivity contribution is 5.80. The van der Waals surface area contributed by atoms with Crippen LogP contribution in [0.2, 0.25) is 0 Å². The fraction of sp³-hybridized carbons (Fsp3) is 0.448. The molecule has 2 aliphatic rings. The molecule has 2 aromatic carbocycles. The number of aryl methyl sites for hydroxylation is 2. The molecular formula is C29H35N7O2. The molecule has 9 nitrogen and oxygen atoms in total. The van der Waals surface area contributed by atoms with E-state index in [0.29, 0.717) is 5.56 Å². The molecule has 198 valence electrons. The van der Waals surface area contributed by atoms with Crippen LogP contribution in [0.1, 0.15) is 60.3 Å². The summed E-state index contributed by atoms with van der Waals surface area (Å²) >= 11 is 0. The molecule has 9 heteroatoms. The number of methoxy groups -OCH3 is 1. The summed E-state index contributed by atoms with van der Waals surface area (Å²) in [5.74, 6) is 1.51. The number of benzene rings is 2. The Balaban J connectivity index is 1.39. The molecule has 2 fully saturated rings. The maximum absolute atomic E-state index is 13.6. The first-order valence-corrected chi connectivity index (χ1v) is 13.6. The van der Waals surface area contributed by atoms with Crippen molar-refractivity contribution in [2.75, 3.05) is 38.2 Å². The van der Waals surface area contributed by atoms with E-state index in [4.69, 9.17) is 4.74 Å². The van der Waals surface area contributed by atoms with Crippen LogP contribution in [0, 0.1) is 13.8 Å². The standard InChI is InChI=1S/C29H35N7O2/c1-19-8-9-20(2)26(16-19)34-12-14-35(15-13-34)27(28-31-32-33-36(28)22-6-4-5-7-22)24-18-21-17-23(38-3)10-11-25(21)30-29(24)37/h8-11,16-18,22,27H,4-7,12-15H2,1-3H3,(H,30,37). The lowest BCUT2D eigenvalue weighted by Gasteiger charge is -2.40. The van der Waals surface area contributed by atoms with Crippen LogP contribution in [0.3, 0.4) is 0 Å². The molecular weight excluding hydrogens is 478 g/mol. The van der Waals surface area contributed by atoms with Gasteiger partial charge in [-0.1, -0.05) is 25.0 Å². The average molecular weight is 514 g/mol. The van der Waals surface area contributed by atoms with Gasteiger partial charge in [0.2, 0.25) is 0 Å². The fourth-order valence-electron chi connectivity index (χ4n) is 6.10. The summed E-state index contributed by atoms with van der Waals surface area (Å²) in [6, 6.07) is 14.3. The zero-order valence-electron chi connectivity index (χ0n) is 22.4. The molecule has 4 aromatic rings. The molecule has 1 N–H and O–H groups in total. The Bertz CT molecular complexity index is 1500. The van der Waals surface area contributed by atoms with Crippen LogP contribution in [0.5, 0.6) is 5.75 Å². The van der Waals surface area contributed by atoms with Crippen LogP contribution in [0.15, 0.2) is 47.3 Å². The molecule has 0 radical (unpaired) electrons. The molecule has 1 unspecified atom stereocenters. The fourth-order valence-corrected chi connectivity index (χ4v) is 6.10. The van der Waals surface area contributed by atoms with Gasteiger partial charge in [-0.25, -0.2) is 4.68 Å². The number of H-pyrrole nitrogens is 1. The Labute approximate surface area is 222 Å². The van der Waals surface area contributed by atoms with Gasteiger partial charge in [0.05, 0.1) is 13.2 Å². The second kappa shape index (κ2) is 10.2. The highest BCUT2D eigenvalue weighted by Gasteiger charge is 2.35. The Morgan fingerprint density at radius 1 is 1.00 bits per heavy atom. The van der Waals surface area contributed by atoms with Crippen LogP contribution in [-0.4, -0.2) is 63.4 Å². The van der Waals surface area contributed by atoms with Gasteiger partial charge in [0, 0.05) is 48.3 Å². The summed E-state index contributed by atoms with van der Waals surface area (Å²) in [4.78, 5) is 21.5. The summed E-state index contributed by atoms with van der Waals surface area (Å²) in [6.45, 7) is 7.63. The Hall–Kier alpha value is -3.72. The van der Waals surface area contributed by atoms with Gasteiger partial charge in [-0.05, 0) is 78.6 Å². The van der Waals surface area contributed by atoms with E-state index in [-0.39, 0.29) is 17.6 Å². The number of aromatic amines is 1. The van der Waals surface area contributed by atoms with Crippen molar-refractivity contribution in [3.63, 3.8) is 0 Å². The van der Waals surface area contributed by atoms with E-state index in [2.05, 4.69) is 62.4 Å². The number of ether oxygens (including phenoxy) is 1. The number of anilines is 1. The summed E-state index contributed by atoms with van der Waals surface area (Å²) in [5.41, 5.74) is 5.18. The number of aromatic nitrogens is 5. The molecule has 0 amide bonds. The van der Waals surface area contributed by atoms with Crippen LogP contribution in [-0.2, 0) is 0 Å². The van der Waals surface area contributed by atoms with Crippen molar-refractivity contribution in [3.05, 3.63) is 75.3 Å². The monoisotopic (exact) mass is 513 g/mol. The third-order valence-corrected chi connectivity index (χ3v) is 8.19. The second-order valence-electron chi connectivity index (χ2n) is 10.6. The van der Waals surface area contributed by atoms with E-state index >= 15 is 0 Å². The van der Waals surface area contributed by atoms with Gasteiger partial charge in [0.25, 0.3) is 5.56 Å². The van der Waals surface area contributed by atoms with Crippen LogP contribution >= 0.6 is 0 Å². The predicted octanol–water partition coefficient (Wildman–Crippen LogP) is 4.17. The Morgan fingerprint density at radius 3 is 2.55 bits per heavy atom. The van der Waals surface area contributed by atoms with Crippen molar-refractivity contribution in [1.29, 1.82) is 0 Å². The van der Waals surface area contributed by atoms with Crippen LogP contribution in [0.25, 0.3) is 10.9 Å². The van der Waals surface area contributed by atoms with Crippen LogP contribution in [0.4, 0.5) is 5.69 Å². The van der Waals surface area contributed by atoms with Crippen molar-refractivity contribution >= 4 is 16.6 Å². The van der Waals surface area contributed by atoms with Crippen molar-refractivity contribution < 1.29 is 4.74 Å². The molecule has 2 aromatic heterocycles. The quantitative estimate of drug-likeness (QED) is 0.414. The molecule has 1 saturated carbocycles. The number of tetrazole rings is 1. The smallest absolute Gasteiger partial charge is 0.253 e. The summed E-state index contributed by atoms with van der Waals surface area (Å²) in [6.07, 6.45) is 4.49. The summed E-state index contributed by atoms with van der Waals surface area (Å²) < 4.78 is 7.45. The van der Waals surface area contributed by atoms with E-state index < -0.39 is 0 Å². The molecule has 0 bridgehead atoms. The number of fused-ring (bicyclic) bond motifs is 1. The number of rotatable bonds is 6. The summed E-state index contributed by atoms with van der Waals surface area (Å²) in [7, 11) is 1.65. The average Bonchev–Trinajstić information content (AvgIpc) is 3.63. The van der Waals surface area contributed by atoms with E-state index in [1.54, 1.807) is 7.11 Å². The molecule has 1 saturated heterocycles. The minimum atomic E-state index is -0.342. The number of nitrogens with zero attached hydrogens (tertiary/aromatic N) is 6. The zero-order valence-corrected chi connectivity index (χ0v) is 22.4. The van der Waals surface area contributed by atoms with Gasteiger partial charge < -0.3 is 14.6 Å². The van der Waals surface area contributed by atoms with E-state index in [1.165, 1.54) is 29.7 Å². The van der Waals surface area contributed by atoms with Gasteiger partial charge in [-0.2, -0.15) is 0 Å². The van der Waals surface area contributed by atoms with Crippen molar-refractivity contribution in [1.82, 2.24) is 30.1 Å². The SMILES string of the molecule is COc1ccc2[nH]c(=O)c(C(c3nnnn3C3CCCC3)N3CCN(c4cc(C)ccc4C)CC3)cc2c1. The highest BCUT2D eigenvalue weighted by Crippen LogP contribution is 2.35. The van der Waals surface area contributed by atoms with E-state index in [0.717, 1.165) is 61.5 Å². The van der Waals surface area contributed by atoms with Gasteiger partial charge in [0.15, 0.2) is 5.82 Å².